The van der Waals surface area contributed by atoms with E-state index >= 15 is 0 Å². The van der Waals surface area contributed by atoms with E-state index in [9.17, 15) is 4.79 Å². The SMILES string of the molecule is O=C(O)N1CCC(C=CCOCc2ccccc2)CC1. The van der Waals surface area contributed by atoms with E-state index in [2.05, 4.69) is 6.08 Å². The fraction of sp³-hybridized carbons (Fsp3) is 0.438. The van der Waals surface area contributed by atoms with Crippen LogP contribution in [0.3, 0.4) is 0 Å². The van der Waals surface area contributed by atoms with Gasteiger partial charge in [-0.25, -0.2) is 4.79 Å². The Morgan fingerprint density at radius 1 is 1.30 bits per heavy atom. The van der Waals surface area contributed by atoms with E-state index < -0.39 is 6.09 Å². The van der Waals surface area contributed by atoms with Gasteiger partial charge < -0.3 is 14.7 Å². The quantitative estimate of drug-likeness (QED) is 0.663. The molecule has 20 heavy (non-hydrogen) atoms. The fourth-order valence-corrected chi connectivity index (χ4v) is 2.35. The molecular weight excluding hydrogens is 254 g/mol. The first-order valence-electron chi connectivity index (χ1n) is 7.02. The zero-order chi connectivity index (χ0) is 14.2. The number of allylic oxidation sites excluding steroid dienone is 1. The molecule has 0 aliphatic carbocycles. The molecule has 0 aromatic heterocycles. The molecule has 1 amide bonds. The molecule has 1 aliphatic heterocycles. The Morgan fingerprint density at radius 2 is 2.00 bits per heavy atom. The monoisotopic (exact) mass is 275 g/mol. The van der Waals surface area contributed by atoms with Crippen molar-refractivity contribution in [3.63, 3.8) is 0 Å². The number of hydrogen-bond donors (Lipinski definition) is 1. The predicted molar refractivity (Wildman–Crippen MR) is 77.6 cm³/mol. The Labute approximate surface area is 119 Å². The third kappa shape index (κ3) is 4.70. The highest BCUT2D eigenvalue weighted by Crippen LogP contribution is 2.18. The first-order chi connectivity index (χ1) is 9.75. The molecular formula is C16H21NO3. The number of likely N-dealkylation sites (tertiary alicyclic amines) is 1. The highest BCUT2D eigenvalue weighted by atomic mass is 16.5. The van der Waals surface area contributed by atoms with E-state index in [1.165, 1.54) is 10.5 Å². The molecule has 2 rings (SSSR count). The summed E-state index contributed by atoms with van der Waals surface area (Å²) in [6.07, 6.45) is 5.20. The lowest BCUT2D eigenvalue weighted by Gasteiger charge is -2.28. The second kappa shape index (κ2) is 7.70. The molecule has 1 heterocycles. The summed E-state index contributed by atoms with van der Waals surface area (Å²) in [5.74, 6) is 0.478. The number of nitrogens with zero attached hydrogens (tertiary/aromatic N) is 1. The Kier molecular flexibility index (Phi) is 5.62. The van der Waals surface area contributed by atoms with Crippen LogP contribution >= 0.6 is 0 Å². The maximum Gasteiger partial charge on any atom is 0.407 e. The molecule has 0 saturated carbocycles. The number of amides is 1. The third-order valence-corrected chi connectivity index (χ3v) is 3.54. The summed E-state index contributed by atoms with van der Waals surface area (Å²) >= 11 is 0. The van der Waals surface area contributed by atoms with Gasteiger partial charge >= 0.3 is 6.09 Å². The maximum atomic E-state index is 10.8. The zero-order valence-corrected chi connectivity index (χ0v) is 11.6. The van der Waals surface area contributed by atoms with Gasteiger partial charge in [-0.05, 0) is 24.3 Å². The van der Waals surface area contributed by atoms with Gasteiger partial charge in [0.2, 0.25) is 0 Å². The van der Waals surface area contributed by atoms with Crippen molar-refractivity contribution in [2.75, 3.05) is 19.7 Å². The smallest absolute Gasteiger partial charge is 0.407 e. The lowest BCUT2D eigenvalue weighted by atomic mass is 9.97. The van der Waals surface area contributed by atoms with Crippen molar-refractivity contribution in [1.29, 1.82) is 0 Å². The van der Waals surface area contributed by atoms with Gasteiger partial charge in [0.15, 0.2) is 0 Å². The van der Waals surface area contributed by atoms with E-state index in [0.717, 1.165) is 12.8 Å². The van der Waals surface area contributed by atoms with Crippen LogP contribution < -0.4 is 0 Å². The van der Waals surface area contributed by atoms with Gasteiger partial charge in [0, 0.05) is 13.1 Å². The number of benzene rings is 1. The summed E-state index contributed by atoms with van der Waals surface area (Å²) in [5.41, 5.74) is 1.18. The molecule has 0 bridgehead atoms. The number of ether oxygens (including phenoxy) is 1. The first-order valence-corrected chi connectivity index (χ1v) is 7.02. The molecule has 0 spiro atoms. The Balaban J connectivity index is 1.61. The molecule has 0 radical (unpaired) electrons. The van der Waals surface area contributed by atoms with Crippen LogP contribution in [0.25, 0.3) is 0 Å². The lowest BCUT2D eigenvalue weighted by Crippen LogP contribution is -2.37. The van der Waals surface area contributed by atoms with Crippen molar-refractivity contribution in [1.82, 2.24) is 4.90 Å². The standard InChI is InChI=1S/C16H21NO3/c18-16(19)17-10-8-14(9-11-17)7-4-12-20-13-15-5-2-1-3-6-15/h1-7,14H,8-13H2,(H,18,19). The predicted octanol–water partition coefficient (Wildman–Crippen LogP) is 3.15. The molecule has 1 fully saturated rings. The van der Waals surface area contributed by atoms with Gasteiger partial charge in [0.1, 0.15) is 0 Å². The zero-order valence-electron chi connectivity index (χ0n) is 11.6. The molecule has 1 aliphatic rings. The molecule has 108 valence electrons. The Bertz CT molecular complexity index is 436. The van der Waals surface area contributed by atoms with Crippen LogP contribution in [0, 0.1) is 5.92 Å². The average Bonchev–Trinajstić information content (AvgIpc) is 2.48. The minimum atomic E-state index is -0.807. The molecule has 4 nitrogen and oxygen atoms in total. The van der Waals surface area contributed by atoms with E-state index in [0.29, 0.717) is 32.2 Å². The van der Waals surface area contributed by atoms with E-state index in [1.807, 2.05) is 36.4 Å². The van der Waals surface area contributed by atoms with Crippen LogP contribution in [-0.2, 0) is 11.3 Å². The second-order valence-corrected chi connectivity index (χ2v) is 5.04. The van der Waals surface area contributed by atoms with E-state index in [-0.39, 0.29) is 0 Å². The summed E-state index contributed by atoms with van der Waals surface area (Å²) in [4.78, 5) is 12.3. The minimum Gasteiger partial charge on any atom is -0.465 e. The number of carbonyl (C=O) groups is 1. The van der Waals surface area contributed by atoms with Crippen molar-refractivity contribution in [3.05, 3.63) is 48.0 Å². The molecule has 1 N–H and O–H groups in total. The van der Waals surface area contributed by atoms with Crippen molar-refractivity contribution < 1.29 is 14.6 Å². The van der Waals surface area contributed by atoms with E-state index in [4.69, 9.17) is 9.84 Å². The molecule has 0 atom stereocenters. The normalized spacial score (nSPS) is 16.7. The maximum absolute atomic E-state index is 10.8. The van der Waals surface area contributed by atoms with Crippen molar-refractivity contribution in [2.45, 2.75) is 19.4 Å². The average molecular weight is 275 g/mol. The summed E-state index contributed by atoms with van der Waals surface area (Å²) in [6.45, 7) is 2.50. The van der Waals surface area contributed by atoms with Gasteiger partial charge in [-0.15, -0.1) is 0 Å². The van der Waals surface area contributed by atoms with Gasteiger partial charge in [0.25, 0.3) is 0 Å². The molecule has 1 aromatic rings. The van der Waals surface area contributed by atoms with Crippen LogP contribution in [0.1, 0.15) is 18.4 Å². The number of rotatable bonds is 5. The summed E-state index contributed by atoms with van der Waals surface area (Å²) in [7, 11) is 0. The molecule has 1 aromatic carbocycles. The van der Waals surface area contributed by atoms with Gasteiger partial charge in [-0.2, -0.15) is 0 Å². The molecule has 1 saturated heterocycles. The first kappa shape index (κ1) is 14.6. The van der Waals surface area contributed by atoms with Crippen LogP contribution in [0.4, 0.5) is 4.79 Å². The van der Waals surface area contributed by atoms with Crippen LogP contribution in [-0.4, -0.2) is 35.8 Å². The highest BCUT2D eigenvalue weighted by molar-refractivity contribution is 5.65. The fourth-order valence-electron chi connectivity index (χ4n) is 2.35. The van der Waals surface area contributed by atoms with Gasteiger partial charge in [-0.3, -0.25) is 0 Å². The Hall–Kier alpha value is -1.81. The number of carboxylic acid groups (broad SMARTS) is 1. The summed E-state index contributed by atoms with van der Waals surface area (Å²) < 4.78 is 5.58. The molecule has 4 heteroatoms. The summed E-state index contributed by atoms with van der Waals surface area (Å²) in [6, 6.07) is 10.1. The van der Waals surface area contributed by atoms with Crippen molar-refractivity contribution >= 4 is 6.09 Å². The van der Waals surface area contributed by atoms with Crippen molar-refractivity contribution in [2.24, 2.45) is 5.92 Å². The number of piperidine rings is 1. The largest absolute Gasteiger partial charge is 0.465 e. The van der Waals surface area contributed by atoms with Crippen LogP contribution in [0.2, 0.25) is 0 Å². The number of hydrogen-bond acceptors (Lipinski definition) is 2. The van der Waals surface area contributed by atoms with Gasteiger partial charge in [-0.1, -0.05) is 42.5 Å². The topological polar surface area (TPSA) is 49.8 Å². The van der Waals surface area contributed by atoms with Gasteiger partial charge in [0.05, 0.1) is 13.2 Å². The third-order valence-electron chi connectivity index (χ3n) is 3.54. The van der Waals surface area contributed by atoms with Crippen LogP contribution in [0.15, 0.2) is 42.5 Å². The minimum absolute atomic E-state index is 0.478. The highest BCUT2D eigenvalue weighted by Gasteiger charge is 2.20. The lowest BCUT2D eigenvalue weighted by molar-refractivity contribution is 0.129. The van der Waals surface area contributed by atoms with E-state index in [1.54, 1.807) is 0 Å². The van der Waals surface area contributed by atoms with Crippen molar-refractivity contribution in [3.8, 4) is 0 Å². The Morgan fingerprint density at radius 3 is 2.65 bits per heavy atom. The second-order valence-electron chi connectivity index (χ2n) is 5.04. The summed E-state index contributed by atoms with van der Waals surface area (Å²) in [5, 5.41) is 8.87. The molecule has 0 unspecified atom stereocenters. The van der Waals surface area contributed by atoms with Crippen LogP contribution in [0.5, 0.6) is 0 Å².